The number of nitrogens with one attached hydrogen (secondary N) is 1. The minimum atomic E-state index is 0.171. The lowest BCUT2D eigenvalue weighted by atomic mass is 10.2. The van der Waals surface area contributed by atoms with E-state index in [9.17, 15) is 0 Å². The van der Waals surface area contributed by atoms with E-state index >= 15 is 0 Å². The van der Waals surface area contributed by atoms with Crippen LogP contribution in [0.3, 0.4) is 0 Å². The second-order valence-electron chi connectivity index (χ2n) is 4.94. The van der Waals surface area contributed by atoms with Gasteiger partial charge in [0.1, 0.15) is 5.75 Å². The number of benzene rings is 1. The zero-order valence-corrected chi connectivity index (χ0v) is 11.8. The first kappa shape index (κ1) is 14.7. The summed E-state index contributed by atoms with van der Waals surface area (Å²) in [5.41, 5.74) is 7.65. The first-order valence-electron chi connectivity index (χ1n) is 6.93. The SMILES string of the molecule is CCCCCCNc1cc(N)cc(OC(C)C)c1. The first-order chi connectivity index (χ1) is 8.61. The van der Waals surface area contributed by atoms with Gasteiger partial charge in [-0.05, 0) is 26.3 Å². The van der Waals surface area contributed by atoms with Crippen LogP contribution in [-0.2, 0) is 0 Å². The Kier molecular flexibility index (Phi) is 6.40. The summed E-state index contributed by atoms with van der Waals surface area (Å²) in [6, 6.07) is 5.82. The highest BCUT2D eigenvalue weighted by molar-refractivity contribution is 5.59. The van der Waals surface area contributed by atoms with Gasteiger partial charge in [-0.1, -0.05) is 26.2 Å². The van der Waals surface area contributed by atoms with Gasteiger partial charge in [-0.15, -0.1) is 0 Å². The zero-order valence-electron chi connectivity index (χ0n) is 11.8. The van der Waals surface area contributed by atoms with Crippen molar-refractivity contribution in [2.45, 2.75) is 52.6 Å². The molecule has 0 fully saturated rings. The molecule has 3 N–H and O–H groups in total. The molecule has 0 spiro atoms. The van der Waals surface area contributed by atoms with Crippen molar-refractivity contribution in [3.8, 4) is 5.75 Å². The molecule has 3 nitrogen and oxygen atoms in total. The van der Waals surface area contributed by atoms with Crippen molar-refractivity contribution in [1.82, 2.24) is 0 Å². The third-order valence-corrected chi connectivity index (χ3v) is 2.66. The van der Waals surface area contributed by atoms with E-state index in [1.54, 1.807) is 0 Å². The van der Waals surface area contributed by atoms with Crippen LogP contribution in [-0.4, -0.2) is 12.6 Å². The van der Waals surface area contributed by atoms with Crippen LogP contribution >= 0.6 is 0 Å². The second-order valence-corrected chi connectivity index (χ2v) is 4.94. The van der Waals surface area contributed by atoms with Crippen molar-refractivity contribution in [2.24, 2.45) is 0 Å². The van der Waals surface area contributed by atoms with Gasteiger partial charge in [-0.2, -0.15) is 0 Å². The van der Waals surface area contributed by atoms with Gasteiger partial charge in [0.25, 0.3) is 0 Å². The van der Waals surface area contributed by atoms with E-state index in [2.05, 4.69) is 12.2 Å². The first-order valence-corrected chi connectivity index (χ1v) is 6.93. The molecule has 0 unspecified atom stereocenters. The molecule has 0 amide bonds. The van der Waals surface area contributed by atoms with E-state index in [-0.39, 0.29) is 6.10 Å². The van der Waals surface area contributed by atoms with Gasteiger partial charge in [0.15, 0.2) is 0 Å². The quantitative estimate of drug-likeness (QED) is 0.540. The number of anilines is 2. The molecular weight excluding hydrogens is 224 g/mol. The summed E-state index contributed by atoms with van der Waals surface area (Å²) in [4.78, 5) is 0. The van der Waals surface area contributed by atoms with E-state index in [1.165, 1.54) is 25.7 Å². The molecule has 0 heterocycles. The third kappa shape index (κ3) is 5.80. The molecule has 0 aromatic heterocycles. The summed E-state index contributed by atoms with van der Waals surface area (Å²) >= 11 is 0. The molecule has 0 saturated heterocycles. The van der Waals surface area contributed by atoms with Gasteiger partial charge in [0.05, 0.1) is 6.10 Å². The largest absolute Gasteiger partial charge is 0.491 e. The number of hydrogen-bond acceptors (Lipinski definition) is 3. The smallest absolute Gasteiger partial charge is 0.123 e. The maximum Gasteiger partial charge on any atom is 0.123 e. The van der Waals surface area contributed by atoms with Crippen molar-refractivity contribution < 1.29 is 4.74 Å². The molecule has 1 rings (SSSR count). The van der Waals surface area contributed by atoms with Crippen molar-refractivity contribution in [3.63, 3.8) is 0 Å². The van der Waals surface area contributed by atoms with Crippen LogP contribution < -0.4 is 15.8 Å². The van der Waals surface area contributed by atoms with E-state index in [4.69, 9.17) is 10.5 Å². The Balaban J connectivity index is 2.46. The molecule has 1 aromatic carbocycles. The molecule has 1 aromatic rings. The molecular formula is C15H26N2O. The van der Waals surface area contributed by atoms with Crippen LogP contribution in [0.2, 0.25) is 0 Å². The van der Waals surface area contributed by atoms with Gasteiger partial charge >= 0.3 is 0 Å². The maximum absolute atomic E-state index is 5.87. The number of nitrogens with two attached hydrogens (primary N) is 1. The maximum atomic E-state index is 5.87. The summed E-state index contributed by atoms with van der Waals surface area (Å²) in [7, 11) is 0. The van der Waals surface area contributed by atoms with Crippen LogP contribution in [0.25, 0.3) is 0 Å². The van der Waals surface area contributed by atoms with E-state index < -0.39 is 0 Å². The van der Waals surface area contributed by atoms with E-state index in [1.807, 2.05) is 32.0 Å². The molecule has 0 atom stereocenters. The number of unbranched alkanes of at least 4 members (excludes halogenated alkanes) is 3. The van der Waals surface area contributed by atoms with Crippen LogP contribution in [0, 0.1) is 0 Å². The second kappa shape index (κ2) is 7.85. The molecule has 0 radical (unpaired) electrons. The minimum Gasteiger partial charge on any atom is -0.491 e. The highest BCUT2D eigenvalue weighted by Gasteiger charge is 2.02. The Labute approximate surface area is 111 Å². The van der Waals surface area contributed by atoms with Gasteiger partial charge in [-0.25, -0.2) is 0 Å². The normalized spacial score (nSPS) is 10.7. The van der Waals surface area contributed by atoms with Gasteiger partial charge in [0.2, 0.25) is 0 Å². The summed E-state index contributed by atoms with van der Waals surface area (Å²) in [5, 5.41) is 3.40. The summed E-state index contributed by atoms with van der Waals surface area (Å²) in [6.45, 7) is 7.24. The summed E-state index contributed by atoms with van der Waals surface area (Å²) in [5.74, 6) is 0.834. The van der Waals surface area contributed by atoms with Gasteiger partial charge in [0, 0.05) is 30.1 Å². The highest BCUT2D eigenvalue weighted by atomic mass is 16.5. The Bertz CT molecular complexity index is 350. The standard InChI is InChI=1S/C15H26N2O/c1-4-5-6-7-8-17-14-9-13(16)10-15(11-14)18-12(2)3/h9-12,17H,4-8,16H2,1-3H3. The number of nitrogen functional groups attached to an aromatic ring is 1. The number of hydrogen-bond donors (Lipinski definition) is 2. The van der Waals surface area contributed by atoms with Crippen LogP contribution in [0.4, 0.5) is 11.4 Å². The lowest BCUT2D eigenvalue weighted by Crippen LogP contribution is -2.07. The fraction of sp³-hybridized carbons (Fsp3) is 0.600. The monoisotopic (exact) mass is 250 g/mol. The summed E-state index contributed by atoms with van der Waals surface area (Å²) < 4.78 is 5.66. The molecule has 3 heteroatoms. The average Bonchev–Trinajstić information content (AvgIpc) is 2.27. The molecule has 0 aliphatic rings. The van der Waals surface area contributed by atoms with Gasteiger partial charge < -0.3 is 15.8 Å². The molecule has 18 heavy (non-hydrogen) atoms. The fourth-order valence-electron chi connectivity index (χ4n) is 1.85. The lowest BCUT2D eigenvalue weighted by molar-refractivity contribution is 0.242. The third-order valence-electron chi connectivity index (χ3n) is 2.66. The Hall–Kier alpha value is -1.38. The molecule has 0 aliphatic heterocycles. The van der Waals surface area contributed by atoms with Crippen molar-refractivity contribution in [2.75, 3.05) is 17.6 Å². The number of rotatable bonds is 8. The van der Waals surface area contributed by atoms with Gasteiger partial charge in [-0.3, -0.25) is 0 Å². The van der Waals surface area contributed by atoms with Crippen LogP contribution in [0.5, 0.6) is 5.75 Å². The van der Waals surface area contributed by atoms with Crippen LogP contribution in [0.15, 0.2) is 18.2 Å². The predicted octanol–water partition coefficient (Wildman–Crippen LogP) is 4.05. The summed E-state index contributed by atoms with van der Waals surface area (Å²) in [6.07, 6.45) is 5.22. The van der Waals surface area contributed by atoms with E-state index in [0.717, 1.165) is 23.7 Å². The lowest BCUT2D eigenvalue weighted by Gasteiger charge is -2.13. The molecule has 0 aliphatic carbocycles. The molecule has 102 valence electrons. The minimum absolute atomic E-state index is 0.171. The number of ether oxygens (including phenoxy) is 1. The molecule has 0 saturated carbocycles. The van der Waals surface area contributed by atoms with Crippen LogP contribution in [0.1, 0.15) is 46.5 Å². The zero-order chi connectivity index (χ0) is 13.4. The van der Waals surface area contributed by atoms with Crippen molar-refractivity contribution in [3.05, 3.63) is 18.2 Å². The van der Waals surface area contributed by atoms with Crippen molar-refractivity contribution in [1.29, 1.82) is 0 Å². The Morgan fingerprint density at radius 1 is 1.17 bits per heavy atom. The molecule has 0 bridgehead atoms. The average molecular weight is 250 g/mol. The predicted molar refractivity (Wildman–Crippen MR) is 79.3 cm³/mol. The highest BCUT2D eigenvalue weighted by Crippen LogP contribution is 2.23. The topological polar surface area (TPSA) is 47.3 Å². The fourth-order valence-corrected chi connectivity index (χ4v) is 1.85. The Morgan fingerprint density at radius 2 is 1.94 bits per heavy atom. The van der Waals surface area contributed by atoms with E-state index in [0.29, 0.717) is 0 Å². The Morgan fingerprint density at radius 3 is 2.61 bits per heavy atom. The van der Waals surface area contributed by atoms with Crippen molar-refractivity contribution >= 4 is 11.4 Å².